The summed E-state index contributed by atoms with van der Waals surface area (Å²) in [4.78, 5) is 16.5. The topological polar surface area (TPSA) is 59.8 Å². The summed E-state index contributed by atoms with van der Waals surface area (Å²) in [7, 11) is 0. The minimum atomic E-state index is -0.0984. The van der Waals surface area contributed by atoms with Crippen molar-refractivity contribution < 1.29 is 4.79 Å². The average Bonchev–Trinajstić information content (AvgIpc) is 3.22. The van der Waals surface area contributed by atoms with Gasteiger partial charge in [-0.2, -0.15) is 5.10 Å². The molecule has 0 fully saturated rings. The Morgan fingerprint density at radius 2 is 1.77 bits per heavy atom. The summed E-state index contributed by atoms with van der Waals surface area (Å²) in [5.41, 5.74) is 2.62. The second-order valence-corrected chi connectivity index (χ2v) is 6.19. The van der Waals surface area contributed by atoms with E-state index in [1.807, 2.05) is 73.7 Å². The van der Waals surface area contributed by atoms with Gasteiger partial charge in [-0.1, -0.05) is 42.5 Å². The zero-order valence-corrected chi connectivity index (χ0v) is 14.3. The number of fused-ring (bicyclic) bond motifs is 1. The summed E-state index contributed by atoms with van der Waals surface area (Å²) < 4.78 is 1.70. The zero-order valence-electron chi connectivity index (χ0n) is 14.3. The van der Waals surface area contributed by atoms with Crippen LogP contribution in [0.3, 0.4) is 0 Å². The van der Waals surface area contributed by atoms with Gasteiger partial charge in [0.25, 0.3) is 5.91 Å². The average molecular weight is 342 g/mol. The monoisotopic (exact) mass is 342 g/mol. The van der Waals surface area contributed by atoms with Crippen LogP contribution < -0.4 is 5.32 Å². The van der Waals surface area contributed by atoms with Gasteiger partial charge in [-0.15, -0.1) is 0 Å². The first-order valence-electron chi connectivity index (χ1n) is 8.45. The third-order valence-corrected chi connectivity index (χ3v) is 4.44. The van der Waals surface area contributed by atoms with Crippen LogP contribution in [0.4, 0.5) is 0 Å². The van der Waals surface area contributed by atoms with Gasteiger partial charge in [0.2, 0.25) is 0 Å². The van der Waals surface area contributed by atoms with Crippen molar-refractivity contribution in [3.63, 3.8) is 0 Å². The first kappa shape index (κ1) is 16.0. The molecular formula is C21H18N4O. The van der Waals surface area contributed by atoms with Crippen molar-refractivity contribution in [2.75, 3.05) is 0 Å². The van der Waals surface area contributed by atoms with Gasteiger partial charge in [0.05, 0.1) is 11.7 Å². The van der Waals surface area contributed by atoms with Crippen LogP contribution in [0, 0.1) is 0 Å². The Morgan fingerprint density at radius 1 is 1.00 bits per heavy atom. The molecule has 4 rings (SSSR count). The van der Waals surface area contributed by atoms with Crippen molar-refractivity contribution in [3.8, 4) is 5.69 Å². The normalized spacial score (nSPS) is 12.0. The van der Waals surface area contributed by atoms with Gasteiger partial charge in [-0.3, -0.25) is 4.79 Å². The fourth-order valence-electron chi connectivity index (χ4n) is 2.95. The number of aromatic nitrogens is 3. The van der Waals surface area contributed by atoms with Gasteiger partial charge in [0.1, 0.15) is 12.7 Å². The minimum Gasteiger partial charge on any atom is -0.346 e. The highest BCUT2D eigenvalue weighted by Gasteiger charge is 2.12. The molecule has 5 nitrogen and oxygen atoms in total. The van der Waals surface area contributed by atoms with Crippen LogP contribution in [0.15, 0.2) is 79.4 Å². The fourth-order valence-corrected chi connectivity index (χ4v) is 2.95. The van der Waals surface area contributed by atoms with Crippen molar-refractivity contribution >= 4 is 16.7 Å². The van der Waals surface area contributed by atoms with E-state index in [0.29, 0.717) is 5.56 Å². The van der Waals surface area contributed by atoms with E-state index >= 15 is 0 Å². The molecule has 1 aromatic heterocycles. The Kier molecular flexibility index (Phi) is 4.19. The second-order valence-electron chi connectivity index (χ2n) is 6.19. The molecule has 26 heavy (non-hydrogen) atoms. The van der Waals surface area contributed by atoms with Crippen molar-refractivity contribution in [3.05, 3.63) is 90.5 Å². The molecule has 4 aromatic rings. The number of rotatable bonds is 4. The third kappa shape index (κ3) is 3.19. The molecular weight excluding hydrogens is 324 g/mol. The molecule has 0 radical (unpaired) electrons. The smallest absolute Gasteiger partial charge is 0.251 e. The number of carbonyl (C=O) groups is 1. The molecule has 1 amide bonds. The molecule has 128 valence electrons. The van der Waals surface area contributed by atoms with E-state index in [2.05, 4.69) is 15.4 Å². The second kappa shape index (κ2) is 6.80. The molecule has 0 saturated carbocycles. The lowest BCUT2D eigenvalue weighted by atomic mass is 10.0. The van der Waals surface area contributed by atoms with Gasteiger partial charge in [0, 0.05) is 5.56 Å². The first-order valence-corrected chi connectivity index (χ1v) is 8.45. The lowest BCUT2D eigenvalue weighted by molar-refractivity contribution is 0.0940. The van der Waals surface area contributed by atoms with E-state index < -0.39 is 0 Å². The van der Waals surface area contributed by atoms with Crippen LogP contribution in [0.2, 0.25) is 0 Å². The number of carbonyl (C=O) groups excluding carboxylic acids is 1. The lowest BCUT2D eigenvalue weighted by Gasteiger charge is -2.15. The van der Waals surface area contributed by atoms with E-state index in [-0.39, 0.29) is 11.9 Å². The van der Waals surface area contributed by atoms with Gasteiger partial charge in [-0.05, 0) is 47.5 Å². The van der Waals surface area contributed by atoms with Gasteiger partial charge in [0.15, 0.2) is 0 Å². The summed E-state index contributed by atoms with van der Waals surface area (Å²) in [5, 5.41) is 9.35. The Labute approximate surface area is 151 Å². The van der Waals surface area contributed by atoms with Crippen LogP contribution in [0.25, 0.3) is 16.5 Å². The quantitative estimate of drug-likeness (QED) is 0.612. The highest BCUT2D eigenvalue weighted by molar-refractivity contribution is 5.98. The molecule has 0 spiro atoms. The maximum absolute atomic E-state index is 12.6. The highest BCUT2D eigenvalue weighted by Crippen LogP contribution is 2.18. The summed E-state index contributed by atoms with van der Waals surface area (Å²) in [6.07, 6.45) is 3.15. The van der Waals surface area contributed by atoms with Crippen LogP contribution >= 0.6 is 0 Å². The molecule has 5 heteroatoms. The van der Waals surface area contributed by atoms with Crippen molar-refractivity contribution in [2.24, 2.45) is 0 Å². The minimum absolute atomic E-state index is 0.0800. The molecule has 0 saturated heterocycles. The molecule has 1 heterocycles. The number of nitrogens with zero attached hydrogens (tertiary/aromatic N) is 3. The molecule has 0 bridgehead atoms. The van der Waals surface area contributed by atoms with Crippen molar-refractivity contribution in [2.45, 2.75) is 13.0 Å². The summed E-state index contributed by atoms with van der Waals surface area (Å²) in [5.74, 6) is -0.0800. The molecule has 0 aliphatic carbocycles. The maximum atomic E-state index is 12.6. The predicted octanol–water partition coefficient (Wildman–Crippen LogP) is 3.91. The number of hydrogen-bond donors (Lipinski definition) is 1. The largest absolute Gasteiger partial charge is 0.346 e. The SMILES string of the molecule is CC(NC(=O)c1ccc2ccccc2c1)c1ccc(-n2cncn2)cc1. The molecule has 1 unspecified atom stereocenters. The van der Waals surface area contributed by atoms with E-state index in [1.54, 1.807) is 11.0 Å². The Bertz CT molecular complexity index is 1040. The van der Waals surface area contributed by atoms with Crippen LogP contribution in [0.5, 0.6) is 0 Å². The molecule has 0 aliphatic rings. The maximum Gasteiger partial charge on any atom is 0.251 e. The van der Waals surface area contributed by atoms with Crippen LogP contribution in [-0.4, -0.2) is 20.7 Å². The summed E-state index contributed by atoms with van der Waals surface area (Å²) in [6.45, 7) is 1.98. The fraction of sp³-hybridized carbons (Fsp3) is 0.0952. The van der Waals surface area contributed by atoms with Crippen LogP contribution in [0.1, 0.15) is 28.9 Å². The Balaban J connectivity index is 1.49. The van der Waals surface area contributed by atoms with E-state index in [9.17, 15) is 4.79 Å². The standard InChI is InChI=1S/C21H18N4O/c1-15(16-8-10-20(11-9-16)25-14-22-13-23-25)24-21(26)19-7-6-17-4-2-3-5-18(17)12-19/h2-15H,1H3,(H,24,26). The molecule has 1 N–H and O–H groups in total. The summed E-state index contributed by atoms with van der Waals surface area (Å²) >= 11 is 0. The first-order chi connectivity index (χ1) is 12.7. The number of benzene rings is 3. The van der Waals surface area contributed by atoms with Gasteiger partial charge < -0.3 is 5.32 Å². The van der Waals surface area contributed by atoms with Crippen molar-refractivity contribution in [1.29, 1.82) is 0 Å². The van der Waals surface area contributed by atoms with Crippen LogP contribution in [-0.2, 0) is 0 Å². The van der Waals surface area contributed by atoms with Gasteiger partial charge in [-0.25, -0.2) is 9.67 Å². The highest BCUT2D eigenvalue weighted by atomic mass is 16.1. The van der Waals surface area contributed by atoms with Gasteiger partial charge >= 0.3 is 0 Å². The molecule has 0 aliphatic heterocycles. The van der Waals surface area contributed by atoms with E-state index in [0.717, 1.165) is 22.0 Å². The number of amides is 1. The number of hydrogen-bond acceptors (Lipinski definition) is 3. The Hall–Kier alpha value is -3.47. The predicted molar refractivity (Wildman–Crippen MR) is 101 cm³/mol. The Morgan fingerprint density at radius 3 is 2.50 bits per heavy atom. The lowest BCUT2D eigenvalue weighted by Crippen LogP contribution is -2.26. The van der Waals surface area contributed by atoms with E-state index in [4.69, 9.17) is 0 Å². The zero-order chi connectivity index (χ0) is 17.9. The third-order valence-electron chi connectivity index (χ3n) is 4.44. The van der Waals surface area contributed by atoms with Crippen molar-refractivity contribution in [1.82, 2.24) is 20.1 Å². The van der Waals surface area contributed by atoms with E-state index in [1.165, 1.54) is 6.33 Å². The molecule has 1 atom stereocenters. The summed E-state index contributed by atoms with van der Waals surface area (Å²) in [6, 6.07) is 21.6. The molecule has 3 aromatic carbocycles. The number of nitrogens with one attached hydrogen (secondary N) is 1.